The summed E-state index contributed by atoms with van der Waals surface area (Å²) in [6, 6.07) is 0.822. The Kier molecular flexibility index (Phi) is 3.73. The first-order valence-electron chi connectivity index (χ1n) is 4.30. The van der Waals surface area contributed by atoms with Crippen molar-refractivity contribution in [2.75, 3.05) is 7.11 Å². The number of aromatic nitrogens is 2. The maximum Gasteiger partial charge on any atom is 0.328 e. The molecule has 0 aliphatic heterocycles. The van der Waals surface area contributed by atoms with Gasteiger partial charge in [-0.3, -0.25) is 4.79 Å². The van der Waals surface area contributed by atoms with Crippen molar-refractivity contribution in [3.63, 3.8) is 0 Å². The van der Waals surface area contributed by atoms with Gasteiger partial charge < -0.3 is 10.1 Å². The van der Waals surface area contributed by atoms with Crippen molar-refractivity contribution >= 4 is 11.9 Å². The molecule has 1 N–H and O–H groups in total. The zero-order valence-electron chi connectivity index (χ0n) is 8.43. The van der Waals surface area contributed by atoms with Crippen molar-refractivity contribution < 1.29 is 14.3 Å². The summed E-state index contributed by atoms with van der Waals surface area (Å²) in [4.78, 5) is 22.5. The Morgan fingerprint density at radius 3 is 2.73 bits per heavy atom. The summed E-state index contributed by atoms with van der Waals surface area (Å²) < 4.78 is 4.47. The van der Waals surface area contributed by atoms with E-state index in [1.807, 2.05) is 0 Å². The van der Waals surface area contributed by atoms with Crippen LogP contribution in [0.5, 0.6) is 0 Å². The Balaban J connectivity index is 2.61. The number of hydrogen-bond acceptors (Lipinski definition) is 5. The minimum absolute atomic E-state index is 0.348. The number of esters is 1. The van der Waals surface area contributed by atoms with Crippen LogP contribution >= 0.6 is 0 Å². The summed E-state index contributed by atoms with van der Waals surface area (Å²) in [6.45, 7) is 1.54. The van der Waals surface area contributed by atoms with Gasteiger partial charge in [0.05, 0.1) is 25.1 Å². The number of nitrogens with zero attached hydrogens (tertiary/aromatic N) is 2. The second-order valence-electron chi connectivity index (χ2n) is 2.85. The monoisotopic (exact) mass is 209 g/mol. The first-order chi connectivity index (χ1) is 7.15. The smallest absolute Gasteiger partial charge is 0.328 e. The molecule has 6 heteroatoms. The highest BCUT2D eigenvalue weighted by atomic mass is 16.5. The molecule has 1 heterocycles. The Bertz CT molecular complexity index is 353. The van der Waals surface area contributed by atoms with Crippen LogP contribution in [0.3, 0.4) is 0 Å². The standard InChI is InChI=1S/C9H11N3O3/c1-6(9(14)15-2)12-8(13)7-3-4-10-11-5-7/h3-6H,1-2H3,(H,12,13). The summed E-state index contributed by atoms with van der Waals surface area (Å²) in [6.07, 6.45) is 2.72. The lowest BCUT2D eigenvalue weighted by Crippen LogP contribution is -2.39. The van der Waals surface area contributed by atoms with Gasteiger partial charge in [0.25, 0.3) is 5.91 Å². The minimum Gasteiger partial charge on any atom is -0.467 e. The molecule has 1 amide bonds. The highest BCUT2D eigenvalue weighted by molar-refractivity contribution is 5.96. The molecule has 1 rings (SSSR count). The number of hydrogen-bond donors (Lipinski definition) is 1. The van der Waals surface area contributed by atoms with E-state index < -0.39 is 12.0 Å². The predicted octanol–water partition coefficient (Wildman–Crippen LogP) is -0.232. The van der Waals surface area contributed by atoms with Crippen LogP contribution in [0.2, 0.25) is 0 Å². The highest BCUT2D eigenvalue weighted by Gasteiger charge is 2.16. The van der Waals surface area contributed by atoms with Crippen LogP contribution in [-0.2, 0) is 9.53 Å². The molecule has 0 aliphatic carbocycles. The number of nitrogens with one attached hydrogen (secondary N) is 1. The van der Waals surface area contributed by atoms with Crippen molar-refractivity contribution in [3.05, 3.63) is 24.0 Å². The summed E-state index contributed by atoms with van der Waals surface area (Å²) in [7, 11) is 1.26. The molecule has 6 nitrogen and oxygen atoms in total. The third-order valence-electron chi connectivity index (χ3n) is 1.75. The van der Waals surface area contributed by atoms with Crippen LogP contribution in [0, 0.1) is 0 Å². The van der Waals surface area contributed by atoms with E-state index in [1.165, 1.54) is 25.6 Å². The average molecular weight is 209 g/mol. The molecule has 1 atom stereocenters. The van der Waals surface area contributed by atoms with Gasteiger partial charge in [-0.05, 0) is 13.0 Å². The van der Waals surface area contributed by atoms with Crippen molar-refractivity contribution in [1.82, 2.24) is 15.5 Å². The number of amides is 1. The van der Waals surface area contributed by atoms with Crippen LogP contribution in [-0.4, -0.2) is 35.2 Å². The molecule has 1 unspecified atom stereocenters. The lowest BCUT2D eigenvalue weighted by Gasteiger charge is -2.10. The van der Waals surface area contributed by atoms with E-state index in [0.717, 1.165) is 0 Å². The van der Waals surface area contributed by atoms with Crippen molar-refractivity contribution in [3.8, 4) is 0 Å². The van der Waals surface area contributed by atoms with Crippen molar-refractivity contribution in [2.45, 2.75) is 13.0 Å². The van der Waals surface area contributed by atoms with Gasteiger partial charge in [-0.1, -0.05) is 0 Å². The average Bonchev–Trinajstić information content (AvgIpc) is 2.29. The number of ether oxygens (including phenoxy) is 1. The fourth-order valence-electron chi connectivity index (χ4n) is 0.941. The summed E-state index contributed by atoms with van der Waals surface area (Å²) in [5, 5.41) is 9.55. The third-order valence-corrected chi connectivity index (χ3v) is 1.75. The molecular formula is C9H11N3O3. The third kappa shape index (κ3) is 3.01. The van der Waals surface area contributed by atoms with Crippen LogP contribution in [0.1, 0.15) is 17.3 Å². The van der Waals surface area contributed by atoms with Gasteiger partial charge in [0.2, 0.25) is 0 Å². The minimum atomic E-state index is -0.685. The van der Waals surface area contributed by atoms with Crippen molar-refractivity contribution in [2.24, 2.45) is 0 Å². The second-order valence-corrected chi connectivity index (χ2v) is 2.85. The van der Waals surface area contributed by atoms with Gasteiger partial charge in [0, 0.05) is 0 Å². The molecule has 0 radical (unpaired) electrons. The van der Waals surface area contributed by atoms with Gasteiger partial charge in [-0.2, -0.15) is 10.2 Å². The van der Waals surface area contributed by atoms with E-state index in [-0.39, 0.29) is 5.91 Å². The number of methoxy groups -OCH3 is 1. The zero-order chi connectivity index (χ0) is 11.3. The van der Waals surface area contributed by atoms with E-state index in [0.29, 0.717) is 5.56 Å². The molecule has 0 aliphatic rings. The Labute approximate surface area is 86.7 Å². The van der Waals surface area contributed by atoms with E-state index in [4.69, 9.17) is 0 Å². The molecule has 80 valence electrons. The number of carbonyl (C=O) groups is 2. The van der Waals surface area contributed by atoms with Crippen LogP contribution in [0.25, 0.3) is 0 Å². The zero-order valence-corrected chi connectivity index (χ0v) is 8.43. The second kappa shape index (κ2) is 5.04. The number of carbonyl (C=O) groups excluding carboxylic acids is 2. The SMILES string of the molecule is COC(=O)C(C)NC(=O)c1ccnnc1. The van der Waals surface area contributed by atoms with E-state index in [1.54, 1.807) is 6.92 Å². The van der Waals surface area contributed by atoms with E-state index >= 15 is 0 Å². The summed E-state index contributed by atoms with van der Waals surface area (Å²) in [5.41, 5.74) is 0.348. The van der Waals surface area contributed by atoms with Crippen LogP contribution < -0.4 is 5.32 Å². The molecule has 0 bridgehead atoms. The fraction of sp³-hybridized carbons (Fsp3) is 0.333. The molecule has 0 spiro atoms. The molecule has 0 saturated heterocycles. The normalized spacial score (nSPS) is 11.6. The van der Waals surface area contributed by atoms with Gasteiger partial charge in [0.1, 0.15) is 6.04 Å². The molecule has 1 aromatic rings. The van der Waals surface area contributed by atoms with Crippen LogP contribution in [0.15, 0.2) is 18.5 Å². The van der Waals surface area contributed by atoms with E-state index in [9.17, 15) is 9.59 Å². The highest BCUT2D eigenvalue weighted by Crippen LogP contribution is 1.95. The van der Waals surface area contributed by atoms with Crippen LogP contribution in [0.4, 0.5) is 0 Å². The molecule has 0 fully saturated rings. The van der Waals surface area contributed by atoms with Gasteiger partial charge >= 0.3 is 5.97 Å². The maximum absolute atomic E-state index is 11.5. The molecule has 0 aromatic carbocycles. The predicted molar refractivity (Wildman–Crippen MR) is 51.0 cm³/mol. The van der Waals surface area contributed by atoms with Crippen molar-refractivity contribution in [1.29, 1.82) is 0 Å². The topological polar surface area (TPSA) is 81.2 Å². The van der Waals surface area contributed by atoms with Gasteiger partial charge in [-0.15, -0.1) is 0 Å². The Morgan fingerprint density at radius 1 is 1.47 bits per heavy atom. The Morgan fingerprint density at radius 2 is 2.20 bits per heavy atom. The lowest BCUT2D eigenvalue weighted by molar-refractivity contribution is -0.142. The van der Waals surface area contributed by atoms with Gasteiger partial charge in [-0.25, -0.2) is 4.79 Å². The lowest BCUT2D eigenvalue weighted by atomic mass is 10.2. The molecule has 0 saturated carbocycles. The molecule has 1 aromatic heterocycles. The first-order valence-corrected chi connectivity index (χ1v) is 4.30. The quantitative estimate of drug-likeness (QED) is 0.695. The van der Waals surface area contributed by atoms with Gasteiger partial charge in [0.15, 0.2) is 0 Å². The Hall–Kier alpha value is -1.98. The fourth-order valence-corrected chi connectivity index (χ4v) is 0.941. The largest absolute Gasteiger partial charge is 0.467 e. The summed E-state index contributed by atoms with van der Waals surface area (Å²) >= 11 is 0. The van der Waals surface area contributed by atoms with E-state index in [2.05, 4.69) is 20.3 Å². The number of rotatable bonds is 3. The first kappa shape index (κ1) is 11.1. The maximum atomic E-state index is 11.5. The molecule has 15 heavy (non-hydrogen) atoms. The molecular weight excluding hydrogens is 198 g/mol. The summed E-state index contributed by atoms with van der Waals surface area (Å²) in [5.74, 6) is -0.881.